The second-order valence-corrected chi connectivity index (χ2v) is 4.96. The fourth-order valence-electron chi connectivity index (χ4n) is 2.99. The Morgan fingerprint density at radius 2 is 1.88 bits per heavy atom. The average molecular weight is 221 g/mol. The van der Waals surface area contributed by atoms with Crippen LogP contribution in [0.15, 0.2) is 18.2 Å². The molecule has 0 radical (unpaired) electrons. The highest BCUT2D eigenvalue weighted by Gasteiger charge is 2.38. The molecule has 16 heavy (non-hydrogen) atoms. The zero-order valence-electron chi connectivity index (χ0n) is 9.43. The molecule has 1 aromatic rings. The highest BCUT2D eigenvalue weighted by atomic mass is 19.1. The summed E-state index contributed by atoms with van der Waals surface area (Å²) in [6, 6.07) is 5.03. The maximum absolute atomic E-state index is 13.0. The minimum atomic E-state index is -0.383. The number of nitrogens with zero attached hydrogens (tertiary/aromatic N) is 3. The summed E-state index contributed by atoms with van der Waals surface area (Å²) in [6.07, 6.45) is 0. The first-order chi connectivity index (χ1) is 7.72. The van der Waals surface area contributed by atoms with Gasteiger partial charge in [0.05, 0.1) is 0 Å². The first-order valence-corrected chi connectivity index (χ1v) is 5.78. The van der Waals surface area contributed by atoms with Gasteiger partial charge in [-0.3, -0.25) is 0 Å². The number of anilines is 1. The molecule has 1 aromatic heterocycles. The normalized spacial score (nSPS) is 29.8. The van der Waals surface area contributed by atoms with Crippen molar-refractivity contribution in [2.24, 2.45) is 11.8 Å². The largest absolute Gasteiger partial charge is 0.356 e. The summed E-state index contributed by atoms with van der Waals surface area (Å²) in [7, 11) is 2.17. The molecule has 0 spiro atoms. The Morgan fingerprint density at radius 3 is 2.50 bits per heavy atom. The van der Waals surface area contributed by atoms with Crippen molar-refractivity contribution in [3.05, 3.63) is 24.1 Å². The van der Waals surface area contributed by atoms with Crippen molar-refractivity contribution in [1.29, 1.82) is 0 Å². The van der Waals surface area contributed by atoms with Gasteiger partial charge in [0.25, 0.3) is 0 Å². The second-order valence-electron chi connectivity index (χ2n) is 4.96. The molecule has 0 bridgehead atoms. The van der Waals surface area contributed by atoms with Gasteiger partial charge in [0, 0.05) is 26.2 Å². The van der Waals surface area contributed by atoms with Crippen LogP contribution in [0.1, 0.15) is 0 Å². The average Bonchev–Trinajstić information content (AvgIpc) is 2.74. The third-order valence-electron chi connectivity index (χ3n) is 3.69. The molecule has 0 amide bonds. The molecule has 0 N–H and O–H groups in total. The number of hydrogen-bond donors (Lipinski definition) is 0. The molecule has 2 aliphatic heterocycles. The van der Waals surface area contributed by atoms with E-state index in [1.165, 1.54) is 6.07 Å². The molecule has 2 aliphatic rings. The summed E-state index contributed by atoms with van der Waals surface area (Å²) < 4.78 is 13.0. The van der Waals surface area contributed by atoms with Gasteiger partial charge in [-0.25, -0.2) is 4.98 Å². The van der Waals surface area contributed by atoms with E-state index < -0.39 is 0 Å². The molecule has 0 aliphatic carbocycles. The number of likely N-dealkylation sites (tertiary alicyclic amines) is 1. The van der Waals surface area contributed by atoms with E-state index in [-0.39, 0.29) is 5.95 Å². The SMILES string of the molecule is CN1CC2CN(c3cccc(F)n3)CC2C1. The molecule has 2 saturated heterocycles. The summed E-state index contributed by atoms with van der Waals surface area (Å²) in [4.78, 5) is 8.54. The van der Waals surface area contributed by atoms with Crippen molar-refractivity contribution in [2.75, 3.05) is 38.1 Å². The quantitative estimate of drug-likeness (QED) is 0.665. The van der Waals surface area contributed by atoms with Crippen LogP contribution in [0.3, 0.4) is 0 Å². The first kappa shape index (κ1) is 10.0. The van der Waals surface area contributed by atoms with Crippen LogP contribution >= 0.6 is 0 Å². The standard InChI is InChI=1S/C12H16FN3/c1-15-5-9-7-16(8-10(9)6-15)12-4-2-3-11(13)14-12/h2-4,9-10H,5-8H2,1H3. The van der Waals surface area contributed by atoms with Gasteiger partial charge in [0.1, 0.15) is 5.82 Å². The van der Waals surface area contributed by atoms with Crippen LogP contribution in [0.2, 0.25) is 0 Å². The topological polar surface area (TPSA) is 19.4 Å². The zero-order chi connectivity index (χ0) is 11.1. The molecule has 3 nitrogen and oxygen atoms in total. The summed E-state index contributed by atoms with van der Waals surface area (Å²) in [5.41, 5.74) is 0. The molecular weight excluding hydrogens is 205 g/mol. The van der Waals surface area contributed by atoms with Crippen molar-refractivity contribution in [3.63, 3.8) is 0 Å². The van der Waals surface area contributed by atoms with Crippen molar-refractivity contribution >= 4 is 5.82 Å². The van der Waals surface area contributed by atoms with Crippen molar-refractivity contribution in [3.8, 4) is 0 Å². The molecule has 86 valence electrons. The van der Waals surface area contributed by atoms with Gasteiger partial charge in [-0.1, -0.05) is 6.07 Å². The van der Waals surface area contributed by atoms with E-state index in [2.05, 4.69) is 21.8 Å². The molecular formula is C12H16FN3. The highest BCUT2D eigenvalue weighted by molar-refractivity contribution is 5.40. The lowest BCUT2D eigenvalue weighted by atomic mass is 10.0. The summed E-state index contributed by atoms with van der Waals surface area (Å²) in [5.74, 6) is 1.87. The van der Waals surface area contributed by atoms with E-state index in [4.69, 9.17) is 0 Å². The zero-order valence-corrected chi connectivity index (χ0v) is 9.43. The van der Waals surface area contributed by atoms with Gasteiger partial charge >= 0.3 is 0 Å². The Bertz CT molecular complexity index is 382. The van der Waals surface area contributed by atoms with Crippen molar-refractivity contribution in [1.82, 2.24) is 9.88 Å². The van der Waals surface area contributed by atoms with E-state index in [0.29, 0.717) is 0 Å². The molecule has 3 rings (SSSR count). The monoisotopic (exact) mass is 221 g/mol. The van der Waals surface area contributed by atoms with Crippen LogP contribution in [0.25, 0.3) is 0 Å². The lowest BCUT2D eigenvalue weighted by Gasteiger charge is -2.20. The third-order valence-corrected chi connectivity index (χ3v) is 3.69. The third kappa shape index (κ3) is 1.67. The number of hydrogen-bond acceptors (Lipinski definition) is 3. The fraction of sp³-hybridized carbons (Fsp3) is 0.583. The molecule has 2 fully saturated rings. The van der Waals surface area contributed by atoms with Crippen LogP contribution in [-0.4, -0.2) is 43.1 Å². The Balaban J connectivity index is 1.75. The smallest absolute Gasteiger partial charge is 0.214 e. The minimum absolute atomic E-state index is 0.383. The lowest BCUT2D eigenvalue weighted by molar-refractivity contribution is 0.386. The maximum atomic E-state index is 13.0. The molecule has 2 unspecified atom stereocenters. The van der Waals surface area contributed by atoms with Gasteiger partial charge in [-0.15, -0.1) is 0 Å². The number of halogens is 1. The summed E-state index contributed by atoms with van der Waals surface area (Å²) in [5, 5.41) is 0. The van der Waals surface area contributed by atoms with Gasteiger partial charge in [-0.2, -0.15) is 4.39 Å². The molecule has 4 heteroatoms. The van der Waals surface area contributed by atoms with Crippen LogP contribution in [0.5, 0.6) is 0 Å². The van der Waals surface area contributed by atoms with E-state index in [1.807, 2.05) is 6.07 Å². The molecule has 3 heterocycles. The predicted molar refractivity (Wildman–Crippen MR) is 60.9 cm³/mol. The number of rotatable bonds is 1. The van der Waals surface area contributed by atoms with E-state index in [1.54, 1.807) is 6.07 Å². The van der Waals surface area contributed by atoms with Crippen LogP contribution in [0.4, 0.5) is 10.2 Å². The molecule has 0 aromatic carbocycles. The van der Waals surface area contributed by atoms with Crippen LogP contribution in [-0.2, 0) is 0 Å². The number of fused-ring (bicyclic) bond motifs is 1. The summed E-state index contributed by atoms with van der Waals surface area (Å²) >= 11 is 0. The van der Waals surface area contributed by atoms with Gasteiger partial charge in [0.2, 0.25) is 5.95 Å². The summed E-state index contributed by atoms with van der Waals surface area (Å²) in [6.45, 7) is 4.36. The second kappa shape index (κ2) is 3.70. The minimum Gasteiger partial charge on any atom is -0.356 e. The lowest BCUT2D eigenvalue weighted by Crippen LogP contribution is -2.27. The number of aromatic nitrogens is 1. The van der Waals surface area contributed by atoms with Crippen molar-refractivity contribution < 1.29 is 4.39 Å². The Kier molecular flexibility index (Phi) is 2.32. The van der Waals surface area contributed by atoms with E-state index >= 15 is 0 Å². The predicted octanol–water partition coefficient (Wildman–Crippen LogP) is 1.22. The maximum Gasteiger partial charge on any atom is 0.214 e. The molecule has 0 saturated carbocycles. The van der Waals surface area contributed by atoms with Gasteiger partial charge < -0.3 is 9.80 Å². The van der Waals surface area contributed by atoms with Crippen molar-refractivity contribution in [2.45, 2.75) is 0 Å². The number of pyridine rings is 1. The highest BCUT2D eigenvalue weighted by Crippen LogP contribution is 2.32. The van der Waals surface area contributed by atoms with Crippen LogP contribution < -0.4 is 4.90 Å². The van der Waals surface area contributed by atoms with E-state index in [9.17, 15) is 4.39 Å². The van der Waals surface area contributed by atoms with E-state index in [0.717, 1.165) is 43.8 Å². The van der Waals surface area contributed by atoms with Crippen LogP contribution in [0, 0.1) is 17.8 Å². The Hall–Kier alpha value is -1.16. The molecule has 2 atom stereocenters. The fourth-order valence-corrected chi connectivity index (χ4v) is 2.99. The van der Waals surface area contributed by atoms with Gasteiger partial charge in [0.15, 0.2) is 0 Å². The first-order valence-electron chi connectivity index (χ1n) is 5.78. The van der Waals surface area contributed by atoms with Gasteiger partial charge in [-0.05, 0) is 31.0 Å². The Labute approximate surface area is 94.9 Å². The Morgan fingerprint density at radius 1 is 1.19 bits per heavy atom.